The number of benzene rings is 2. The van der Waals surface area contributed by atoms with Crippen molar-refractivity contribution in [1.29, 1.82) is 0 Å². The summed E-state index contributed by atoms with van der Waals surface area (Å²) in [5.74, 6) is 0.136. The van der Waals surface area contributed by atoms with E-state index in [1.165, 1.54) is 0 Å². The first-order valence-electron chi connectivity index (χ1n) is 9.83. The van der Waals surface area contributed by atoms with Crippen molar-refractivity contribution >= 4 is 13.0 Å². The van der Waals surface area contributed by atoms with E-state index < -0.39 is 13.1 Å². The third-order valence-electron chi connectivity index (χ3n) is 5.08. The number of carbonyl (C=O) groups is 1. The fraction of sp³-hybridized carbons (Fsp3) is 0.350. The molecule has 3 N–H and O–H groups in total. The first kappa shape index (κ1) is 20.2. The zero-order valence-corrected chi connectivity index (χ0v) is 16.3. The molecule has 2 unspecified atom stereocenters. The molecule has 2 atom stereocenters. The number of ether oxygens (including phenoxy) is 2. The summed E-state index contributed by atoms with van der Waals surface area (Å²) in [5.41, 5.74) is 1.89. The molecule has 2 aromatic carbocycles. The van der Waals surface area contributed by atoms with Crippen LogP contribution in [-0.2, 0) is 11.2 Å². The Morgan fingerprint density at radius 2 is 2.00 bits per heavy atom. The SMILES string of the molecule is O=C(CCN1CC(c2ccccc2)N=N1)NC(Cc1ccc2c(c1)OCO2)B(O)O. The summed E-state index contributed by atoms with van der Waals surface area (Å²) in [5, 5.41) is 32.2. The molecule has 0 saturated carbocycles. The number of rotatable bonds is 8. The highest BCUT2D eigenvalue weighted by Crippen LogP contribution is 2.32. The predicted molar refractivity (Wildman–Crippen MR) is 109 cm³/mol. The normalized spacial score (nSPS) is 17.8. The molecule has 0 aliphatic carbocycles. The van der Waals surface area contributed by atoms with Gasteiger partial charge in [-0.3, -0.25) is 9.80 Å². The third-order valence-corrected chi connectivity index (χ3v) is 5.08. The summed E-state index contributed by atoms with van der Waals surface area (Å²) in [4.78, 5) is 12.4. The van der Waals surface area contributed by atoms with Crippen molar-refractivity contribution in [3.05, 3.63) is 59.7 Å². The maximum atomic E-state index is 12.4. The van der Waals surface area contributed by atoms with E-state index in [0.717, 1.165) is 11.1 Å². The van der Waals surface area contributed by atoms with Gasteiger partial charge in [-0.1, -0.05) is 41.6 Å². The topological polar surface area (TPSA) is 116 Å². The Labute approximate surface area is 174 Å². The molecule has 0 spiro atoms. The molecule has 1 amide bonds. The van der Waals surface area contributed by atoms with Gasteiger partial charge in [-0.2, -0.15) is 5.11 Å². The maximum absolute atomic E-state index is 12.4. The number of carbonyl (C=O) groups excluding carboxylic acids is 1. The summed E-state index contributed by atoms with van der Waals surface area (Å²) >= 11 is 0. The van der Waals surface area contributed by atoms with Gasteiger partial charge in [-0.15, -0.1) is 0 Å². The summed E-state index contributed by atoms with van der Waals surface area (Å²) < 4.78 is 10.6. The molecule has 4 rings (SSSR count). The quantitative estimate of drug-likeness (QED) is 0.565. The molecule has 0 aromatic heterocycles. The predicted octanol–water partition coefficient (Wildman–Crippen LogP) is 1.27. The monoisotopic (exact) mass is 410 g/mol. The lowest BCUT2D eigenvalue weighted by atomic mass is 9.76. The Hall–Kier alpha value is -3.11. The molecule has 156 valence electrons. The van der Waals surface area contributed by atoms with Gasteiger partial charge in [-0.25, -0.2) is 0 Å². The van der Waals surface area contributed by atoms with Crippen molar-refractivity contribution in [3.8, 4) is 11.5 Å². The van der Waals surface area contributed by atoms with E-state index in [-0.39, 0.29) is 31.6 Å². The van der Waals surface area contributed by atoms with Crippen LogP contribution in [0.2, 0.25) is 0 Å². The summed E-state index contributed by atoms with van der Waals surface area (Å²) in [7, 11) is -1.69. The van der Waals surface area contributed by atoms with Gasteiger partial charge in [0.15, 0.2) is 11.5 Å². The van der Waals surface area contributed by atoms with E-state index in [1.54, 1.807) is 17.1 Å². The van der Waals surface area contributed by atoms with Crippen LogP contribution < -0.4 is 14.8 Å². The molecule has 0 fully saturated rings. The molecule has 0 saturated heterocycles. The van der Waals surface area contributed by atoms with Crippen molar-refractivity contribution in [2.45, 2.75) is 24.8 Å². The lowest BCUT2D eigenvalue weighted by Crippen LogP contribution is -2.48. The number of nitrogens with zero attached hydrogens (tertiary/aromatic N) is 3. The molecule has 2 aliphatic rings. The zero-order valence-electron chi connectivity index (χ0n) is 16.3. The van der Waals surface area contributed by atoms with Gasteiger partial charge in [0.05, 0.1) is 12.5 Å². The van der Waals surface area contributed by atoms with Crippen LogP contribution in [0.5, 0.6) is 11.5 Å². The lowest BCUT2D eigenvalue weighted by molar-refractivity contribution is -0.121. The van der Waals surface area contributed by atoms with Crippen molar-refractivity contribution in [3.63, 3.8) is 0 Å². The van der Waals surface area contributed by atoms with E-state index >= 15 is 0 Å². The van der Waals surface area contributed by atoms with Gasteiger partial charge < -0.3 is 24.8 Å². The Bertz CT molecular complexity index is 911. The highest BCUT2D eigenvalue weighted by molar-refractivity contribution is 6.43. The number of hydrogen-bond donors (Lipinski definition) is 3. The van der Waals surface area contributed by atoms with Crippen molar-refractivity contribution in [1.82, 2.24) is 10.3 Å². The first-order valence-corrected chi connectivity index (χ1v) is 9.83. The molecule has 9 nitrogen and oxygen atoms in total. The molecule has 2 aromatic rings. The molecular weight excluding hydrogens is 387 g/mol. The van der Waals surface area contributed by atoms with E-state index in [9.17, 15) is 14.8 Å². The molecule has 10 heteroatoms. The van der Waals surface area contributed by atoms with Crippen LogP contribution in [0.4, 0.5) is 0 Å². The first-order chi connectivity index (χ1) is 14.6. The van der Waals surface area contributed by atoms with Crippen LogP contribution in [0.1, 0.15) is 23.6 Å². The van der Waals surface area contributed by atoms with E-state index in [4.69, 9.17) is 9.47 Å². The van der Waals surface area contributed by atoms with E-state index in [1.807, 2.05) is 36.4 Å². The van der Waals surface area contributed by atoms with Crippen LogP contribution in [0.25, 0.3) is 0 Å². The highest BCUT2D eigenvalue weighted by Gasteiger charge is 2.27. The van der Waals surface area contributed by atoms with Gasteiger partial charge in [0.1, 0.15) is 6.04 Å². The minimum absolute atomic E-state index is 0.0349. The van der Waals surface area contributed by atoms with Gasteiger partial charge >= 0.3 is 7.12 Å². The Balaban J connectivity index is 1.26. The number of nitrogens with one attached hydrogen (secondary N) is 1. The second-order valence-corrected chi connectivity index (χ2v) is 7.27. The van der Waals surface area contributed by atoms with E-state index in [2.05, 4.69) is 15.7 Å². The maximum Gasteiger partial charge on any atom is 0.475 e. The minimum Gasteiger partial charge on any atom is -0.454 e. The molecule has 0 bridgehead atoms. The van der Waals surface area contributed by atoms with Gasteiger partial charge in [0.25, 0.3) is 0 Å². The van der Waals surface area contributed by atoms with Crippen molar-refractivity contribution in [2.24, 2.45) is 10.3 Å². The number of amides is 1. The van der Waals surface area contributed by atoms with Crippen LogP contribution in [-0.4, -0.2) is 53.9 Å². The number of fused-ring (bicyclic) bond motifs is 1. The smallest absolute Gasteiger partial charge is 0.454 e. The second-order valence-electron chi connectivity index (χ2n) is 7.27. The third kappa shape index (κ3) is 4.89. The molecule has 30 heavy (non-hydrogen) atoms. The van der Waals surface area contributed by atoms with Gasteiger partial charge in [-0.05, 0) is 29.7 Å². The Kier molecular flexibility index (Phi) is 6.15. The second kappa shape index (κ2) is 9.14. The largest absolute Gasteiger partial charge is 0.475 e. The van der Waals surface area contributed by atoms with Gasteiger partial charge in [0, 0.05) is 13.0 Å². The molecular formula is C20H23BN4O5. The van der Waals surface area contributed by atoms with Crippen molar-refractivity contribution < 1.29 is 24.3 Å². The van der Waals surface area contributed by atoms with E-state index in [0.29, 0.717) is 24.6 Å². The van der Waals surface area contributed by atoms with Crippen LogP contribution in [0.3, 0.4) is 0 Å². The minimum atomic E-state index is -1.69. The van der Waals surface area contributed by atoms with Crippen LogP contribution in [0, 0.1) is 0 Å². The van der Waals surface area contributed by atoms with Crippen LogP contribution >= 0.6 is 0 Å². The van der Waals surface area contributed by atoms with Gasteiger partial charge in [0.2, 0.25) is 12.7 Å². The molecule has 0 radical (unpaired) electrons. The molecule has 2 heterocycles. The average molecular weight is 410 g/mol. The summed E-state index contributed by atoms with van der Waals surface area (Å²) in [6.07, 6.45) is 0.421. The number of hydrogen-bond acceptors (Lipinski definition) is 8. The Morgan fingerprint density at radius 1 is 1.20 bits per heavy atom. The summed E-state index contributed by atoms with van der Waals surface area (Å²) in [6.45, 7) is 1.18. The zero-order chi connectivity index (χ0) is 20.9. The van der Waals surface area contributed by atoms with Crippen molar-refractivity contribution in [2.75, 3.05) is 19.9 Å². The molecule has 2 aliphatic heterocycles. The fourth-order valence-electron chi connectivity index (χ4n) is 3.45. The highest BCUT2D eigenvalue weighted by atomic mass is 16.7. The Morgan fingerprint density at radius 3 is 2.80 bits per heavy atom. The summed E-state index contributed by atoms with van der Waals surface area (Å²) in [6, 6.07) is 15.2. The lowest BCUT2D eigenvalue weighted by Gasteiger charge is -2.19. The fourth-order valence-corrected chi connectivity index (χ4v) is 3.45. The van der Waals surface area contributed by atoms with Crippen LogP contribution in [0.15, 0.2) is 58.9 Å². The standard InChI is InChI=1S/C20H23BN4O5/c26-20(8-9-25-12-16(23-24-25)15-4-2-1-3-5-15)22-19(21(27)28)11-14-6-7-17-18(10-14)30-13-29-17/h1-7,10,16,19,27-28H,8-9,11-13H2,(H,22,26). The average Bonchev–Trinajstić information content (AvgIpc) is 3.41.